The monoisotopic (exact) mass is 338 g/mol. The molecular weight excluding hydrogens is 316 g/mol. The maximum absolute atomic E-state index is 12.4. The summed E-state index contributed by atoms with van der Waals surface area (Å²) in [6.07, 6.45) is 6.68. The number of primary amides is 1. The van der Waals surface area contributed by atoms with Crippen molar-refractivity contribution >= 4 is 23.1 Å². The van der Waals surface area contributed by atoms with E-state index >= 15 is 0 Å². The molecular formula is C19H22N4O2. The Morgan fingerprint density at radius 2 is 2.04 bits per heavy atom. The summed E-state index contributed by atoms with van der Waals surface area (Å²) < 4.78 is 0. The number of benzene rings is 1. The average molecular weight is 338 g/mol. The molecule has 1 aliphatic rings. The minimum atomic E-state index is -0.700. The fraction of sp³-hybridized carbons (Fsp3) is 0.316. The van der Waals surface area contributed by atoms with Crippen molar-refractivity contribution in [1.29, 1.82) is 0 Å². The minimum absolute atomic E-state index is 0.0318. The zero-order valence-corrected chi connectivity index (χ0v) is 14.4. The van der Waals surface area contributed by atoms with E-state index in [0.29, 0.717) is 5.41 Å². The summed E-state index contributed by atoms with van der Waals surface area (Å²) in [5, 5.41) is 2.89. The van der Waals surface area contributed by atoms with Crippen LogP contribution >= 0.6 is 0 Å². The van der Waals surface area contributed by atoms with E-state index in [0.717, 1.165) is 30.5 Å². The maximum Gasteiger partial charge on any atom is 0.284 e. The number of amides is 2. The first-order valence-corrected chi connectivity index (χ1v) is 8.30. The van der Waals surface area contributed by atoms with E-state index in [2.05, 4.69) is 35.2 Å². The third-order valence-electron chi connectivity index (χ3n) is 4.55. The largest absolute Gasteiger partial charge is 0.363 e. The molecule has 0 saturated heterocycles. The van der Waals surface area contributed by atoms with Crippen molar-refractivity contribution in [3.8, 4) is 0 Å². The summed E-state index contributed by atoms with van der Waals surface area (Å²) in [5.74, 6) is -1.09. The first-order valence-electron chi connectivity index (χ1n) is 8.30. The van der Waals surface area contributed by atoms with Gasteiger partial charge in [-0.2, -0.15) is 0 Å². The fourth-order valence-corrected chi connectivity index (χ4v) is 2.94. The van der Waals surface area contributed by atoms with Crippen LogP contribution in [0.3, 0.4) is 0 Å². The number of para-hydroxylation sites is 1. The molecule has 6 nitrogen and oxygen atoms in total. The molecule has 2 aromatic rings. The van der Waals surface area contributed by atoms with Crippen LogP contribution < -0.4 is 11.1 Å². The molecule has 0 saturated carbocycles. The van der Waals surface area contributed by atoms with E-state index in [4.69, 9.17) is 5.73 Å². The number of nitrogens with zero attached hydrogens (tertiary/aromatic N) is 1. The van der Waals surface area contributed by atoms with E-state index in [1.165, 1.54) is 11.8 Å². The van der Waals surface area contributed by atoms with Crippen LogP contribution in [0, 0.1) is 5.41 Å². The van der Waals surface area contributed by atoms with Crippen molar-refractivity contribution in [3.05, 3.63) is 53.6 Å². The Morgan fingerprint density at radius 1 is 1.28 bits per heavy atom. The fourth-order valence-electron chi connectivity index (χ4n) is 2.94. The molecule has 0 fully saturated rings. The Bertz CT molecular complexity index is 849. The third kappa shape index (κ3) is 3.79. The molecule has 0 bridgehead atoms. The van der Waals surface area contributed by atoms with Crippen LogP contribution in [0.25, 0.3) is 5.57 Å². The van der Waals surface area contributed by atoms with Crippen molar-refractivity contribution in [3.63, 3.8) is 0 Å². The van der Waals surface area contributed by atoms with Crippen molar-refractivity contribution in [1.82, 2.24) is 9.97 Å². The van der Waals surface area contributed by atoms with Crippen LogP contribution in [0.4, 0.5) is 5.69 Å². The highest BCUT2D eigenvalue weighted by Crippen LogP contribution is 2.39. The molecule has 2 amide bonds. The van der Waals surface area contributed by atoms with Crippen LogP contribution in [-0.2, 0) is 0 Å². The van der Waals surface area contributed by atoms with Gasteiger partial charge in [0.25, 0.3) is 11.8 Å². The number of nitrogens with two attached hydrogens (primary N) is 1. The Balaban J connectivity index is 1.82. The van der Waals surface area contributed by atoms with Crippen LogP contribution in [-0.4, -0.2) is 21.8 Å². The van der Waals surface area contributed by atoms with Crippen molar-refractivity contribution < 1.29 is 9.59 Å². The number of allylic oxidation sites excluding steroid dienone is 2. The number of hydrogen-bond acceptors (Lipinski definition) is 3. The standard InChI is InChI=1S/C19H22N4O2/c1-19(2)9-7-12(8-10-19)13-5-3-4-6-14(13)23-18(25)15-11-21-17(22-15)16(20)24/h3-7,11H,8-10H2,1-2H3,(H2,20,24)(H,21,22)(H,23,25). The molecule has 1 aromatic heterocycles. The smallest absolute Gasteiger partial charge is 0.284 e. The van der Waals surface area contributed by atoms with E-state index < -0.39 is 5.91 Å². The number of anilines is 1. The van der Waals surface area contributed by atoms with Gasteiger partial charge in [0, 0.05) is 11.3 Å². The van der Waals surface area contributed by atoms with Gasteiger partial charge in [0.05, 0.1) is 6.20 Å². The van der Waals surface area contributed by atoms with Gasteiger partial charge in [-0.05, 0) is 36.3 Å². The number of hydrogen-bond donors (Lipinski definition) is 3. The highest BCUT2D eigenvalue weighted by Gasteiger charge is 2.23. The van der Waals surface area contributed by atoms with Gasteiger partial charge in [-0.15, -0.1) is 0 Å². The maximum atomic E-state index is 12.4. The zero-order valence-electron chi connectivity index (χ0n) is 14.4. The van der Waals surface area contributed by atoms with E-state index in [1.807, 2.05) is 24.3 Å². The summed E-state index contributed by atoms with van der Waals surface area (Å²) >= 11 is 0. The lowest BCUT2D eigenvalue weighted by Gasteiger charge is -2.29. The molecule has 3 rings (SSSR count). The van der Waals surface area contributed by atoms with E-state index in [-0.39, 0.29) is 17.4 Å². The highest BCUT2D eigenvalue weighted by molar-refractivity contribution is 6.05. The molecule has 0 atom stereocenters. The Kier molecular flexibility index (Phi) is 4.44. The molecule has 25 heavy (non-hydrogen) atoms. The summed E-state index contributed by atoms with van der Waals surface area (Å²) in [5.41, 5.74) is 8.69. The first kappa shape index (κ1) is 17.0. The van der Waals surface area contributed by atoms with Gasteiger partial charge in [0.2, 0.25) is 0 Å². The van der Waals surface area contributed by atoms with E-state index in [9.17, 15) is 9.59 Å². The molecule has 1 aliphatic carbocycles. The second-order valence-electron chi connectivity index (χ2n) is 7.11. The predicted molar refractivity (Wildman–Crippen MR) is 97.1 cm³/mol. The third-order valence-corrected chi connectivity index (χ3v) is 4.55. The first-order chi connectivity index (χ1) is 11.9. The normalized spacial score (nSPS) is 16.2. The number of imidazole rings is 1. The quantitative estimate of drug-likeness (QED) is 0.796. The van der Waals surface area contributed by atoms with Gasteiger partial charge < -0.3 is 16.0 Å². The number of carbonyl (C=O) groups excluding carboxylic acids is 2. The Hall–Kier alpha value is -2.89. The topological polar surface area (TPSA) is 101 Å². The van der Waals surface area contributed by atoms with Crippen LogP contribution in [0.1, 0.15) is 59.8 Å². The van der Waals surface area contributed by atoms with Crippen LogP contribution in [0.2, 0.25) is 0 Å². The number of H-pyrrole nitrogens is 1. The Morgan fingerprint density at radius 3 is 2.68 bits per heavy atom. The van der Waals surface area contributed by atoms with Crippen molar-refractivity contribution in [2.45, 2.75) is 33.1 Å². The van der Waals surface area contributed by atoms with E-state index in [1.54, 1.807) is 0 Å². The number of aromatic nitrogens is 2. The molecule has 4 N–H and O–H groups in total. The zero-order chi connectivity index (χ0) is 18.0. The Labute approximate surface area is 146 Å². The van der Waals surface area contributed by atoms with Crippen LogP contribution in [0.15, 0.2) is 36.5 Å². The summed E-state index contributed by atoms with van der Waals surface area (Å²) in [4.78, 5) is 30.0. The minimum Gasteiger partial charge on any atom is -0.363 e. The molecule has 1 aromatic carbocycles. The van der Waals surface area contributed by atoms with Gasteiger partial charge in [-0.1, -0.05) is 38.1 Å². The number of rotatable bonds is 4. The molecule has 0 spiro atoms. The lowest BCUT2D eigenvalue weighted by molar-refractivity contribution is 0.0991. The molecule has 1 heterocycles. The van der Waals surface area contributed by atoms with Crippen molar-refractivity contribution in [2.75, 3.05) is 5.32 Å². The summed E-state index contributed by atoms with van der Waals surface area (Å²) in [6.45, 7) is 4.53. The van der Waals surface area contributed by atoms with Gasteiger partial charge in [0.1, 0.15) is 5.69 Å². The second-order valence-corrected chi connectivity index (χ2v) is 7.11. The van der Waals surface area contributed by atoms with Crippen LogP contribution in [0.5, 0.6) is 0 Å². The predicted octanol–water partition coefficient (Wildman–Crippen LogP) is 3.35. The number of aromatic amines is 1. The van der Waals surface area contributed by atoms with Gasteiger partial charge in [-0.25, -0.2) is 4.98 Å². The second kappa shape index (κ2) is 6.55. The lowest BCUT2D eigenvalue weighted by Crippen LogP contribution is -2.17. The summed E-state index contributed by atoms with van der Waals surface area (Å²) in [7, 11) is 0. The number of nitrogens with one attached hydrogen (secondary N) is 2. The SMILES string of the molecule is CC1(C)CC=C(c2ccccc2NC(=O)c2cnc(C(N)=O)[nH]2)CC1. The molecule has 130 valence electrons. The molecule has 6 heteroatoms. The molecule has 0 radical (unpaired) electrons. The van der Waals surface area contributed by atoms with Gasteiger partial charge in [-0.3, -0.25) is 9.59 Å². The van der Waals surface area contributed by atoms with Crippen molar-refractivity contribution in [2.24, 2.45) is 11.1 Å². The summed E-state index contributed by atoms with van der Waals surface area (Å²) in [6, 6.07) is 7.74. The van der Waals surface area contributed by atoms with Gasteiger partial charge in [0.15, 0.2) is 5.82 Å². The molecule has 0 aliphatic heterocycles. The average Bonchev–Trinajstić information content (AvgIpc) is 3.06. The highest BCUT2D eigenvalue weighted by atomic mass is 16.2. The lowest BCUT2D eigenvalue weighted by atomic mass is 9.77. The number of carbonyl (C=O) groups is 2. The van der Waals surface area contributed by atoms with Gasteiger partial charge >= 0.3 is 0 Å². The molecule has 0 unspecified atom stereocenters.